The molecule has 15 unspecified atom stereocenters. The van der Waals surface area contributed by atoms with Crippen molar-refractivity contribution in [2.45, 2.75) is 92.1 Å². The van der Waals surface area contributed by atoms with Gasteiger partial charge in [-0.2, -0.15) is 0 Å². The molecule has 0 bridgehead atoms. The zero-order valence-corrected chi connectivity index (χ0v) is 32.7. The molecule has 4 aliphatic rings. The number of ether oxygens (including phenoxy) is 8. The summed E-state index contributed by atoms with van der Waals surface area (Å²) < 4.78 is 46.6. The molecule has 0 amide bonds. The third-order valence-electron chi connectivity index (χ3n) is 10.6. The maximum Gasteiger partial charge on any atom is 0.330 e. The Kier molecular flexibility index (Phi) is 13.9. The number of esters is 1. The van der Waals surface area contributed by atoms with E-state index in [1.807, 2.05) is 0 Å². The fourth-order valence-electron chi connectivity index (χ4n) is 7.08. The number of carbonyl (C=O) groups excluding carboxylic acids is 1. The lowest BCUT2D eigenvalue weighted by atomic mass is 9.97. The fraction of sp³-hybridized carbons (Fsp3) is 0.439. The molecule has 4 aliphatic heterocycles. The Labute approximate surface area is 356 Å². The van der Waals surface area contributed by atoms with Gasteiger partial charge in [-0.25, -0.2) is 4.79 Å². The average molecular weight is 891 g/mol. The number of benzene rings is 3. The molecule has 3 saturated heterocycles. The zero-order valence-electron chi connectivity index (χ0n) is 32.7. The molecule has 3 aromatic carbocycles. The first-order valence-corrected chi connectivity index (χ1v) is 19.4. The Bertz CT molecular complexity index is 2130. The highest BCUT2D eigenvalue weighted by Crippen LogP contribution is 2.47. The molecule has 63 heavy (non-hydrogen) atoms. The van der Waals surface area contributed by atoms with Crippen LogP contribution < -0.4 is 9.47 Å². The molecule has 0 aliphatic carbocycles. The van der Waals surface area contributed by atoms with E-state index in [0.717, 1.165) is 30.3 Å². The van der Waals surface area contributed by atoms with Gasteiger partial charge in [0.25, 0.3) is 0 Å². The summed E-state index contributed by atoms with van der Waals surface area (Å²) in [6.45, 7) is -2.00. The summed E-state index contributed by atoms with van der Waals surface area (Å²) in [4.78, 5) is 12.7. The van der Waals surface area contributed by atoms with Gasteiger partial charge in [0.2, 0.25) is 12.6 Å². The maximum atomic E-state index is 12.7. The molecule has 342 valence electrons. The smallest absolute Gasteiger partial charge is 0.330 e. The van der Waals surface area contributed by atoms with Crippen LogP contribution in [0.4, 0.5) is 0 Å². The van der Waals surface area contributed by atoms with Gasteiger partial charge < -0.3 is 104 Å². The summed E-state index contributed by atoms with van der Waals surface area (Å²) in [6.07, 6.45) is -22.4. The molecular weight excluding hydrogens is 844 g/mol. The summed E-state index contributed by atoms with van der Waals surface area (Å²) >= 11 is 0. The van der Waals surface area contributed by atoms with Crippen molar-refractivity contribution in [3.8, 4) is 34.5 Å². The number of carbonyl (C=O) groups is 1. The van der Waals surface area contributed by atoms with E-state index in [4.69, 9.17) is 37.9 Å². The lowest BCUT2D eigenvalue weighted by molar-refractivity contribution is -0.352. The van der Waals surface area contributed by atoms with E-state index in [1.54, 1.807) is 0 Å². The summed E-state index contributed by atoms with van der Waals surface area (Å²) in [5.41, 5.74) is 0.595. The fourth-order valence-corrected chi connectivity index (χ4v) is 7.08. The monoisotopic (exact) mass is 890 g/mol. The van der Waals surface area contributed by atoms with E-state index in [2.05, 4.69) is 0 Å². The van der Waals surface area contributed by atoms with Gasteiger partial charge in [-0.05, 0) is 42.0 Å². The lowest BCUT2D eigenvalue weighted by Gasteiger charge is -2.45. The number of aromatic hydroxyl groups is 4. The minimum Gasteiger partial charge on any atom is -0.508 e. The first-order valence-electron chi connectivity index (χ1n) is 19.4. The summed E-state index contributed by atoms with van der Waals surface area (Å²) in [7, 11) is 0. The number of rotatable bonds is 12. The van der Waals surface area contributed by atoms with Crippen LogP contribution in [0.15, 0.2) is 66.4 Å². The summed E-state index contributed by atoms with van der Waals surface area (Å²) in [5, 5.41) is 136. The Morgan fingerprint density at radius 1 is 0.698 bits per heavy atom. The van der Waals surface area contributed by atoms with Crippen LogP contribution in [0.5, 0.6) is 34.5 Å². The van der Waals surface area contributed by atoms with Crippen LogP contribution >= 0.6 is 0 Å². The molecule has 7 rings (SSSR count). The van der Waals surface area contributed by atoms with Crippen LogP contribution in [0, 0.1) is 0 Å². The van der Waals surface area contributed by atoms with E-state index in [1.165, 1.54) is 42.5 Å². The molecule has 22 heteroatoms. The molecule has 0 aromatic heterocycles. The molecule has 0 radical (unpaired) electrons. The van der Waals surface area contributed by atoms with Gasteiger partial charge in [0.15, 0.2) is 30.0 Å². The number of phenolic OH excluding ortho intramolecular Hbond substituents is 4. The van der Waals surface area contributed by atoms with Crippen molar-refractivity contribution in [2.75, 3.05) is 19.8 Å². The standard InChI is InChI=1S/C41H46O22/c42-13-27-31(50)33(52)36(55)40(61-27)59-25-11-19(44)10-24-20(25)12-26(37(58-24)17-4-7-21(45)22(46)9-17)60-41-38(63-39-35(54)30(49)23(47)14-57-39)34(53)32(51)28(62-41)15-56-29(48)8-3-16-1-5-18(43)6-2-16/h1-12,23,27-28,30-47,49-55H,13-15H2. The van der Waals surface area contributed by atoms with Crippen LogP contribution in [0.1, 0.15) is 22.8 Å². The van der Waals surface area contributed by atoms with Gasteiger partial charge in [0.05, 0.1) is 18.8 Å². The number of hydrogen-bond donors (Lipinski definition) is 13. The van der Waals surface area contributed by atoms with Crippen molar-refractivity contribution in [3.63, 3.8) is 0 Å². The summed E-state index contributed by atoms with van der Waals surface area (Å²) in [6, 6.07) is 11.6. The van der Waals surface area contributed by atoms with Crippen LogP contribution in [0.25, 0.3) is 12.2 Å². The molecule has 3 fully saturated rings. The van der Waals surface area contributed by atoms with Crippen molar-refractivity contribution in [2.24, 2.45) is 0 Å². The second-order valence-electron chi connectivity index (χ2n) is 15.0. The van der Waals surface area contributed by atoms with E-state index in [0.29, 0.717) is 5.56 Å². The first-order chi connectivity index (χ1) is 30.0. The Morgan fingerprint density at radius 2 is 1.40 bits per heavy atom. The maximum absolute atomic E-state index is 12.7. The largest absolute Gasteiger partial charge is 0.508 e. The normalized spacial score (nSPS) is 34.4. The quantitative estimate of drug-likeness (QED) is 0.0517. The lowest BCUT2D eigenvalue weighted by Crippen LogP contribution is -2.63. The second-order valence-corrected chi connectivity index (χ2v) is 15.0. The molecule has 0 spiro atoms. The van der Waals surface area contributed by atoms with Crippen LogP contribution in [0.2, 0.25) is 0 Å². The highest BCUT2D eigenvalue weighted by atomic mass is 16.8. The molecule has 15 atom stereocenters. The molecule has 3 aromatic rings. The molecule has 0 saturated carbocycles. The third-order valence-corrected chi connectivity index (χ3v) is 10.6. The predicted octanol–water partition coefficient (Wildman–Crippen LogP) is -2.29. The van der Waals surface area contributed by atoms with Crippen molar-refractivity contribution in [1.29, 1.82) is 0 Å². The second kappa shape index (κ2) is 19.2. The van der Waals surface area contributed by atoms with Gasteiger partial charge in [0.1, 0.15) is 96.4 Å². The van der Waals surface area contributed by atoms with Gasteiger partial charge in [-0.1, -0.05) is 18.2 Å². The predicted molar refractivity (Wildman–Crippen MR) is 206 cm³/mol. The minimum absolute atomic E-state index is 0.00236. The minimum atomic E-state index is -1.99. The third kappa shape index (κ3) is 9.93. The SMILES string of the molecule is O=C(C=Cc1ccc(O)cc1)OCC1OC(OC2=Cc3c(cc(O)cc3OC3OC(CO)C(O)C(O)C3O)OC2c2ccc(O)c(O)c2)C(OC2OCC(O)C(O)C2O)C(O)C1O. The highest BCUT2D eigenvalue weighted by molar-refractivity contribution is 5.87. The van der Waals surface area contributed by atoms with Gasteiger partial charge >= 0.3 is 5.97 Å². The zero-order chi connectivity index (χ0) is 45.3. The van der Waals surface area contributed by atoms with E-state index >= 15 is 0 Å². The van der Waals surface area contributed by atoms with Crippen molar-refractivity contribution >= 4 is 18.1 Å². The molecule has 4 heterocycles. The summed E-state index contributed by atoms with van der Waals surface area (Å²) in [5.74, 6) is -3.14. The average Bonchev–Trinajstić information content (AvgIpc) is 3.26. The van der Waals surface area contributed by atoms with Crippen LogP contribution in [0.3, 0.4) is 0 Å². The van der Waals surface area contributed by atoms with Crippen molar-refractivity contribution in [3.05, 3.63) is 83.1 Å². The number of fused-ring (bicyclic) bond motifs is 1. The number of aliphatic hydroxyl groups is 9. The number of hydrogen-bond acceptors (Lipinski definition) is 22. The molecular formula is C41H46O22. The number of aliphatic hydroxyl groups excluding tert-OH is 9. The Morgan fingerprint density at radius 3 is 2.11 bits per heavy atom. The van der Waals surface area contributed by atoms with E-state index in [9.17, 15) is 71.2 Å². The van der Waals surface area contributed by atoms with Crippen LogP contribution in [-0.4, -0.2) is 178 Å². The van der Waals surface area contributed by atoms with Gasteiger partial charge in [0, 0.05) is 23.8 Å². The topological polar surface area (TPSA) is 354 Å². The Hall–Kier alpha value is -5.31. The van der Waals surface area contributed by atoms with E-state index in [-0.39, 0.29) is 34.1 Å². The van der Waals surface area contributed by atoms with E-state index < -0.39 is 135 Å². The van der Waals surface area contributed by atoms with Gasteiger partial charge in [-0.15, -0.1) is 0 Å². The van der Waals surface area contributed by atoms with Gasteiger partial charge in [-0.3, -0.25) is 0 Å². The first kappa shape index (κ1) is 45.7. The molecule has 13 N–H and O–H groups in total. The number of phenols is 4. The van der Waals surface area contributed by atoms with Crippen LogP contribution in [-0.2, 0) is 33.2 Å². The van der Waals surface area contributed by atoms with Crippen molar-refractivity contribution in [1.82, 2.24) is 0 Å². The van der Waals surface area contributed by atoms with Crippen molar-refractivity contribution < 1.29 is 109 Å². The highest BCUT2D eigenvalue weighted by Gasteiger charge is 2.51. The Balaban J connectivity index is 1.23. The molecule has 22 nitrogen and oxygen atoms in total.